The third kappa shape index (κ3) is 2.74. The van der Waals surface area contributed by atoms with Gasteiger partial charge in [-0.1, -0.05) is 6.92 Å². The van der Waals surface area contributed by atoms with Crippen molar-refractivity contribution in [3.05, 3.63) is 41.2 Å². The largest absolute Gasteiger partial charge is 0.373 e. The van der Waals surface area contributed by atoms with E-state index in [4.69, 9.17) is 0 Å². The van der Waals surface area contributed by atoms with E-state index in [0.717, 1.165) is 0 Å². The Kier molecular flexibility index (Phi) is 4.25. The van der Waals surface area contributed by atoms with Crippen LogP contribution < -0.4 is 10.6 Å². The Morgan fingerprint density at radius 2 is 1.57 bits per heavy atom. The van der Waals surface area contributed by atoms with Crippen LogP contribution in [0.1, 0.15) is 12.5 Å². The molecule has 0 saturated heterocycles. The molecule has 0 bridgehead atoms. The van der Waals surface area contributed by atoms with Gasteiger partial charge >= 0.3 is 0 Å². The lowest BCUT2D eigenvalue weighted by molar-refractivity contribution is 0.459. The fourth-order valence-corrected chi connectivity index (χ4v) is 1.87. The van der Waals surface area contributed by atoms with Crippen LogP contribution in [0.4, 0.5) is 34.9 Å². The molecule has 0 aliphatic heterocycles. The molecule has 0 saturated carbocycles. The van der Waals surface area contributed by atoms with Crippen molar-refractivity contribution in [1.29, 1.82) is 0 Å². The fourth-order valence-electron chi connectivity index (χ4n) is 1.87. The number of hydrogen-bond acceptors (Lipinski definition) is 4. The zero-order valence-corrected chi connectivity index (χ0v) is 11.3. The lowest BCUT2D eigenvalue weighted by Crippen LogP contribution is -2.08. The monoisotopic (exact) mass is 300 g/mol. The van der Waals surface area contributed by atoms with E-state index in [2.05, 4.69) is 20.6 Å². The molecule has 1 aromatic carbocycles. The van der Waals surface area contributed by atoms with Crippen LogP contribution in [0, 0.1) is 23.3 Å². The van der Waals surface area contributed by atoms with E-state index in [1.165, 1.54) is 6.33 Å². The number of anilines is 3. The van der Waals surface area contributed by atoms with Gasteiger partial charge in [-0.2, -0.15) is 0 Å². The number of benzene rings is 1. The minimum Gasteiger partial charge on any atom is -0.373 e. The number of aromatic nitrogens is 2. The van der Waals surface area contributed by atoms with Crippen LogP contribution in [0.3, 0.4) is 0 Å². The van der Waals surface area contributed by atoms with Gasteiger partial charge in [0.15, 0.2) is 23.3 Å². The molecule has 0 unspecified atom stereocenters. The number of rotatable bonds is 4. The van der Waals surface area contributed by atoms with Crippen molar-refractivity contribution < 1.29 is 17.6 Å². The Bertz CT molecular complexity index is 649. The zero-order chi connectivity index (χ0) is 15.6. The van der Waals surface area contributed by atoms with Crippen molar-refractivity contribution in [2.75, 3.05) is 17.7 Å². The molecule has 112 valence electrons. The molecular weight excluding hydrogens is 288 g/mol. The van der Waals surface area contributed by atoms with E-state index < -0.39 is 29.0 Å². The number of hydrogen-bond donors (Lipinski definition) is 2. The topological polar surface area (TPSA) is 49.8 Å². The first-order valence-corrected chi connectivity index (χ1v) is 6.11. The van der Waals surface area contributed by atoms with Crippen LogP contribution >= 0.6 is 0 Å². The van der Waals surface area contributed by atoms with Gasteiger partial charge < -0.3 is 10.6 Å². The Morgan fingerprint density at radius 1 is 1.00 bits per heavy atom. The molecule has 0 fully saturated rings. The van der Waals surface area contributed by atoms with Crippen LogP contribution in [0.2, 0.25) is 0 Å². The lowest BCUT2D eigenvalue weighted by Gasteiger charge is -2.14. The normalized spacial score (nSPS) is 10.6. The van der Waals surface area contributed by atoms with Crippen LogP contribution in [-0.4, -0.2) is 17.0 Å². The highest BCUT2D eigenvalue weighted by Gasteiger charge is 2.21. The molecule has 0 aliphatic carbocycles. The van der Waals surface area contributed by atoms with Crippen LogP contribution in [0.25, 0.3) is 0 Å². The molecule has 2 aromatic rings. The smallest absolute Gasteiger partial charge is 0.185 e. The first-order valence-electron chi connectivity index (χ1n) is 6.11. The van der Waals surface area contributed by atoms with Crippen molar-refractivity contribution >= 4 is 17.3 Å². The van der Waals surface area contributed by atoms with Gasteiger partial charge in [0.25, 0.3) is 0 Å². The standard InChI is InChI=1S/C13H12F4N4/c1-3-6-12(18-2)19-5-20-13(6)21-11-9(16)7(14)4-8(15)10(11)17/h4-5H,3H2,1-2H3,(H2,18,19,20,21). The third-order valence-electron chi connectivity index (χ3n) is 2.89. The lowest BCUT2D eigenvalue weighted by atomic mass is 10.2. The number of nitrogens with zero attached hydrogens (tertiary/aromatic N) is 2. The van der Waals surface area contributed by atoms with E-state index in [9.17, 15) is 17.6 Å². The average Bonchev–Trinajstić information content (AvgIpc) is 2.49. The molecule has 0 aliphatic rings. The number of halogens is 4. The molecule has 0 atom stereocenters. The summed E-state index contributed by atoms with van der Waals surface area (Å²) < 4.78 is 53.7. The van der Waals surface area contributed by atoms with Crippen molar-refractivity contribution in [2.24, 2.45) is 0 Å². The summed E-state index contributed by atoms with van der Waals surface area (Å²) in [5, 5.41) is 5.09. The van der Waals surface area contributed by atoms with E-state index in [1.54, 1.807) is 14.0 Å². The van der Waals surface area contributed by atoms with Gasteiger partial charge in [0.05, 0.1) is 0 Å². The first kappa shape index (κ1) is 15.0. The summed E-state index contributed by atoms with van der Waals surface area (Å²) in [6.07, 6.45) is 1.61. The van der Waals surface area contributed by atoms with Gasteiger partial charge in [0.2, 0.25) is 0 Å². The second-order valence-corrected chi connectivity index (χ2v) is 4.12. The summed E-state index contributed by atoms with van der Waals surface area (Å²) in [5.74, 6) is -5.48. The van der Waals surface area contributed by atoms with Gasteiger partial charge in [-0.3, -0.25) is 0 Å². The molecular formula is C13H12F4N4. The summed E-state index contributed by atoms with van der Waals surface area (Å²) in [4.78, 5) is 7.81. The quantitative estimate of drug-likeness (QED) is 0.671. The van der Waals surface area contributed by atoms with E-state index >= 15 is 0 Å². The molecule has 0 radical (unpaired) electrons. The molecule has 1 aromatic heterocycles. The van der Waals surface area contributed by atoms with Crippen molar-refractivity contribution in [3.8, 4) is 0 Å². The maximum atomic E-state index is 13.6. The second kappa shape index (κ2) is 5.94. The second-order valence-electron chi connectivity index (χ2n) is 4.12. The van der Waals surface area contributed by atoms with Crippen molar-refractivity contribution in [2.45, 2.75) is 13.3 Å². The van der Waals surface area contributed by atoms with Gasteiger partial charge in [-0.15, -0.1) is 0 Å². The van der Waals surface area contributed by atoms with Crippen LogP contribution in [0.5, 0.6) is 0 Å². The molecule has 1 heterocycles. The Labute approximate surface area is 118 Å². The SMILES string of the molecule is CCc1c(NC)ncnc1Nc1c(F)c(F)cc(F)c1F. The molecule has 0 amide bonds. The highest BCUT2D eigenvalue weighted by molar-refractivity contribution is 5.65. The summed E-state index contributed by atoms with van der Waals surface area (Å²) in [6.45, 7) is 1.78. The summed E-state index contributed by atoms with van der Waals surface area (Å²) >= 11 is 0. The van der Waals surface area contributed by atoms with Gasteiger partial charge in [-0.25, -0.2) is 27.5 Å². The van der Waals surface area contributed by atoms with E-state index in [0.29, 0.717) is 17.8 Å². The predicted octanol–water partition coefficient (Wildman–Crippen LogP) is 3.38. The molecule has 0 spiro atoms. The average molecular weight is 300 g/mol. The van der Waals surface area contributed by atoms with Crippen LogP contribution in [0.15, 0.2) is 12.4 Å². The zero-order valence-electron chi connectivity index (χ0n) is 11.3. The summed E-state index contributed by atoms with van der Waals surface area (Å²) in [6, 6.07) is 0.148. The van der Waals surface area contributed by atoms with Crippen molar-refractivity contribution in [3.63, 3.8) is 0 Å². The third-order valence-corrected chi connectivity index (χ3v) is 2.89. The van der Waals surface area contributed by atoms with Crippen LogP contribution in [-0.2, 0) is 6.42 Å². The first-order chi connectivity index (χ1) is 9.99. The Balaban J connectivity index is 2.53. The van der Waals surface area contributed by atoms with Gasteiger partial charge in [-0.05, 0) is 6.42 Å². The summed E-state index contributed by atoms with van der Waals surface area (Å²) in [5.41, 5.74) is -0.397. The minimum atomic E-state index is -1.51. The molecule has 2 rings (SSSR count). The minimum absolute atomic E-state index is 0.0691. The highest BCUT2D eigenvalue weighted by atomic mass is 19.2. The predicted molar refractivity (Wildman–Crippen MR) is 70.5 cm³/mol. The van der Waals surface area contributed by atoms with E-state index in [-0.39, 0.29) is 11.9 Å². The van der Waals surface area contributed by atoms with E-state index in [1.807, 2.05) is 0 Å². The van der Waals surface area contributed by atoms with Gasteiger partial charge in [0, 0.05) is 18.7 Å². The Morgan fingerprint density at radius 3 is 2.10 bits per heavy atom. The maximum absolute atomic E-state index is 13.6. The molecule has 4 nitrogen and oxygen atoms in total. The van der Waals surface area contributed by atoms with Gasteiger partial charge in [0.1, 0.15) is 23.7 Å². The fraction of sp³-hybridized carbons (Fsp3) is 0.231. The Hall–Kier alpha value is -2.38. The maximum Gasteiger partial charge on any atom is 0.185 e. The molecule has 2 N–H and O–H groups in total. The highest BCUT2D eigenvalue weighted by Crippen LogP contribution is 2.29. The number of nitrogens with one attached hydrogen (secondary N) is 2. The molecule has 21 heavy (non-hydrogen) atoms. The van der Waals surface area contributed by atoms with Crippen molar-refractivity contribution in [1.82, 2.24) is 9.97 Å². The molecule has 8 heteroatoms. The summed E-state index contributed by atoms with van der Waals surface area (Å²) in [7, 11) is 1.62.